The van der Waals surface area contributed by atoms with E-state index in [9.17, 15) is 4.79 Å². The Bertz CT molecular complexity index is 523. The lowest BCUT2D eigenvalue weighted by Gasteiger charge is -2.04. The molecule has 2 N–H and O–H groups in total. The van der Waals surface area contributed by atoms with E-state index in [-0.39, 0.29) is 5.69 Å². The van der Waals surface area contributed by atoms with Gasteiger partial charge in [0.15, 0.2) is 0 Å². The summed E-state index contributed by atoms with van der Waals surface area (Å²) < 4.78 is 5.35. The number of H-pyrrole nitrogens is 2. The van der Waals surface area contributed by atoms with E-state index < -0.39 is 0 Å². The molecular formula is C12H14N2O2. The quantitative estimate of drug-likeness (QED) is 0.828. The van der Waals surface area contributed by atoms with Gasteiger partial charge in [-0.25, -0.2) is 4.79 Å². The van der Waals surface area contributed by atoms with E-state index in [1.54, 1.807) is 0 Å². The fraction of sp³-hybridized carbons (Fsp3) is 0.250. The largest absolute Gasteiger partial charge is 0.494 e. The van der Waals surface area contributed by atoms with Crippen molar-refractivity contribution in [2.24, 2.45) is 0 Å². The minimum absolute atomic E-state index is 0.179. The molecule has 0 unspecified atom stereocenters. The summed E-state index contributed by atoms with van der Waals surface area (Å²) in [4.78, 5) is 16.6. The monoisotopic (exact) mass is 218 g/mol. The van der Waals surface area contributed by atoms with E-state index >= 15 is 0 Å². The zero-order chi connectivity index (χ0) is 11.5. The van der Waals surface area contributed by atoms with Crippen LogP contribution in [0.2, 0.25) is 0 Å². The van der Waals surface area contributed by atoms with Crippen molar-refractivity contribution < 1.29 is 4.74 Å². The fourth-order valence-electron chi connectivity index (χ4n) is 1.64. The molecule has 84 valence electrons. The number of imidazole rings is 1. The van der Waals surface area contributed by atoms with E-state index in [1.807, 2.05) is 38.1 Å². The summed E-state index contributed by atoms with van der Waals surface area (Å²) in [5, 5.41) is 0. The standard InChI is InChI=1S/C12H14N2O2/c1-3-16-10-6-4-9(5-7-10)11-8(2)13-12(15)14-11/h4-7H,3H2,1-2H3,(H2,13,14,15). The second-order valence-electron chi connectivity index (χ2n) is 3.54. The molecule has 0 saturated carbocycles. The number of hydrogen-bond acceptors (Lipinski definition) is 2. The second-order valence-corrected chi connectivity index (χ2v) is 3.54. The van der Waals surface area contributed by atoms with Crippen molar-refractivity contribution in [1.29, 1.82) is 0 Å². The Morgan fingerprint density at radius 1 is 1.19 bits per heavy atom. The van der Waals surface area contributed by atoms with Crippen molar-refractivity contribution in [1.82, 2.24) is 9.97 Å². The third-order valence-electron chi connectivity index (χ3n) is 2.37. The average molecular weight is 218 g/mol. The van der Waals surface area contributed by atoms with Gasteiger partial charge in [0.1, 0.15) is 5.75 Å². The molecule has 0 amide bonds. The number of hydrogen-bond donors (Lipinski definition) is 2. The average Bonchev–Trinajstić information content (AvgIpc) is 2.59. The number of aryl methyl sites for hydroxylation is 1. The predicted molar refractivity (Wildman–Crippen MR) is 62.8 cm³/mol. The SMILES string of the molecule is CCOc1ccc(-c2[nH]c(=O)[nH]c2C)cc1. The molecule has 0 bridgehead atoms. The van der Waals surface area contributed by atoms with Crippen LogP contribution in [0.3, 0.4) is 0 Å². The molecule has 0 aliphatic carbocycles. The van der Waals surface area contributed by atoms with Crippen LogP contribution in [-0.4, -0.2) is 16.6 Å². The topological polar surface area (TPSA) is 57.9 Å². The number of ether oxygens (including phenoxy) is 1. The van der Waals surface area contributed by atoms with Gasteiger partial charge in [0, 0.05) is 11.3 Å². The van der Waals surface area contributed by atoms with Crippen molar-refractivity contribution in [3.8, 4) is 17.0 Å². The summed E-state index contributed by atoms with van der Waals surface area (Å²) in [7, 11) is 0. The van der Waals surface area contributed by atoms with Crippen molar-refractivity contribution >= 4 is 0 Å². The molecule has 2 rings (SSSR count). The highest BCUT2D eigenvalue weighted by atomic mass is 16.5. The Balaban J connectivity index is 2.34. The fourth-order valence-corrected chi connectivity index (χ4v) is 1.64. The minimum Gasteiger partial charge on any atom is -0.494 e. The van der Waals surface area contributed by atoms with Gasteiger partial charge in [-0.3, -0.25) is 0 Å². The van der Waals surface area contributed by atoms with Gasteiger partial charge in [0.25, 0.3) is 0 Å². The molecule has 0 aliphatic rings. The van der Waals surface area contributed by atoms with Crippen molar-refractivity contribution in [3.63, 3.8) is 0 Å². The Labute approximate surface area is 93.3 Å². The highest BCUT2D eigenvalue weighted by molar-refractivity contribution is 5.62. The molecule has 0 spiro atoms. The van der Waals surface area contributed by atoms with Gasteiger partial charge in [0.05, 0.1) is 12.3 Å². The highest BCUT2D eigenvalue weighted by Gasteiger charge is 2.05. The smallest absolute Gasteiger partial charge is 0.323 e. The summed E-state index contributed by atoms with van der Waals surface area (Å²) in [5.74, 6) is 0.835. The molecule has 1 aromatic heterocycles. The molecule has 16 heavy (non-hydrogen) atoms. The molecule has 4 nitrogen and oxygen atoms in total. The van der Waals surface area contributed by atoms with Crippen LogP contribution in [0.4, 0.5) is 0 Å². The van der Waals surface area contributed by atoms with Crippen molar-refractivity contribution in [2.75, 3.05) is 6.61 Å². The van der Waals surface area contributed by atoms with Crippen LogP contribution >= 0.6 is 0 Å². The molecule has 2 aromatic rings. The highest BCUT2D eigenvalue weighted by Crippen LogP contribution is 2.21. The lowest BCUT2D eigenvalue weighted by molar-refractivity contribution is 0.340. The summed E-state index contributed by atoms with van der Waals surface area (Å²) in [6, 6.07) is 7.64. The van der Waals surface area contributed by atoms with Crippen molar-refractivity contribution in [3.05, 3.63) is 40.4 Å². The first-order chi connectivity index (χ1) is 7.70. The first-order valence-electron chi connectivity index (χ1n) is 5.23. The molecule has 0 saturated heterocycles. The number of rotatable bonds is 3. The van der Waals surface area contributed by atoms with Crippen molar-refractivity contribution in [2.45, 2.75) is 13.8 Å². The maximum Gasteiger partial charge on any atom is 0.323 e. The lowest BCUT2D eigenvalue weighted by atomic mass is 10.1. The van der Waals surface area contributed by atoms with Gasteiger partial charge in [-0.2, -0.15) is 0 Å². The van der Waals surface area contributed by atoms with Gasteiger partial charge in [-0.05, 0) is 38.1 Å². The van der Waals surface area contributed by atoms with E-state index in [2.05, 4.69) is 9.97 Å². The summed E-state index contributed by atoms with van der Waals surface area (Å²) in [6.45, 7) is 4.46. The molecule has 0 atom stereocenters. The number of benzene rings is 1. The Hall–Kier alpha value is -1.97. The van der Waals surface area contributed by atoms with Gasteiger partial charge in [-0.1, -0.05) is 0 Å². The van der Waals surface area contributed by atoms with Crippen LogP contribution in [0.5, 0.6) is 5.75 Å². The summed E-state index contributed by atoms with van der Waals surface area (Å²) in [5.41, 5.74) is 2.46. The molecule has 4 heteroatoms. The minimum atomic E-state index is -0.179. The van der Waals surface area contributed by atoms with Crippen LogP contribution < -0.4 is 10.4 Å². The maximum atomic E-state index is 11.1. The Kier molecular flexibility index (Phi) is 2.81. The van der Waals surface area contributed by atoms with E-state index in [1.165, 1.54) is 0 Å². The lowest BCUT2D eigenvalue weighted by Crippen LogP contribution is -2.00. The zero-order valence-corrected chi connectivity index (χ0v) is 9.33. The van der Waals surface area contributed by atoms with E-state index in [0.717, 1.165) is 22.7 Å². The number of nitrogens with one attached hydrogen (secondary N) is 2. The summed E-state index contributed by atoms with van der Waals surface area (Å²) in [6.07, 6.45) is 0. The maximum absolute atomic E-state index is 11.1. The van der Waals surface area contributed by atoms with Crippen LogP contribution in [0.25, 0.3) is 11.3 Å². The van der Waals surface area contributed by atoms with Gasteiger partial charge < -0.3 is 14.7 Å². The second kappa shape index (κ2) is 4.26. The van der Waals surface area contributed by atoms with Crippen LogP contribution in [-0.2, 0) is 0 Å². The third-order valence-corrected chi connectivity index (χ3v) is 2.37. The van der Waals surface area contributed by atoms with E-state index in [0.29, 0.717) is 6.61 Å². The zero-order valence-electron chi connectivity index (χ0n) is 9.33. The third kappa shape index (κ3) is 2.00. The normalized spacial score (nSPS) is 10.4. The predicted octanol–water partition coefficient (Wildman–Crippen LogP) is 2.08. The molecule has 0 radical (unpaired) electrons. The number of aromatic amines is 2. The van der Waals surface area contributed by atoms with Gasteiger partial charge >= 0.3 is 5.69 Å². The van der Waals surface area contributed by atoms with Gasteiger partial charge in [-0.15, -0.1) is 0 Å². The molecule has 0 aliphatic heterocycles. The van der Waals surface area contributed by atoms with Gasteiger partial charge in [0.2, 0.25) is 0 Å². The summed E-state index contributed by atoms with van der Waals surface area (Å²) >= 11 is 0. The molecule has 0 fully saturated rings. The van der Waals surface area contributed by atoms with Crippen LogP contribution in [0, 0.1) is 6.92 Å². The Morgan fingerprint density at radius 3 is 2.38 bits per heavy atom. The van der Waals surface area contributed by atoms with Crippen LogP contribution in [0.1, 0.15) is 12.6 Å². The first kappa shape index (κ1) is 10.5. The Morgan fingerprint density at radius 2 is 1.88 bits per heavy atom. The van der Waals surface area contributed by atoms with Crippen LogP contribution in [0.15, 0.2) is 29.1 Å². The molecule has 1 aromatic carbocycles. The molecular weight excluding hydrogens is 204 g/mol. The van der Waals surface area contributed by atoms with E-state index in [4.69, 9.17) is 4.74 Å². The first-order valence-corrected chi connectivity index (χ1v) is 5.23. The number of aromatic nitrogens is 2. The molecule has 1 heterocycles.